The molecule has 1 saturated carbocycles. The predicted molar refractivity (Wildman–Crippen MR) is 110 cm³/mol. The summed E-state index contributed by atoms with van der Waals surface area (Å²) in [5.41, 5.74) is 0.809. The molecular formula is C23H25F2NO5. The highest BCUT2D eigenvalue weighted by Crippen LogP contribution is 2.31. The van der Waals surface area contributed by atoms with Crippen LogP contribution in [0.3, 0.4) is 0 Å². The molecule has 2 aromatic rings. The number of hydrogen-bond acceptors (Lipinski definition) is 4. The zero-order chi connectivity index (χ0) is 22.2. The van der Waals surface area contributed by atoms with Gasteiger partial charge in [-0.05, 0) is 79.6 Å². The number of carboxylic acids is 1. The topological polar surface area (TPSA) is 76.1 Å². The number of ether oxygens (including phenoxy) is 2. The lowest BCUT2D eigenvalue weighted by atomic mass is 9.82. The van der Waals surface area contributed by atoms with Gasteiger partial charge in [0.25, 0.3) is 0 Å². The fraction of sp³-hybridized carbons (Fsp3) is 0.391. The lowest BCUT2D eigenvalue weighted by Crippen LogP contribution is -2.30. The average molecular weight is 433 g/mol. The summed E-state index contributed by atoms with van der Waals surface area (Å²) in [6.45, 7) is 0.252. The maximum atomic E-state index is 13.3. The standard InChI is InChI=1S/C23H25F2NO5/c24-18-4-8-20(9-5-18)26(21-10-6-19(25)7-11-21)23(29)31-14-17-3-1-2-16(12-17)13-30-15-22(27)28/h4-11,16-17H,1-3,12-15H2,(H,27,28). The first kappa shape index (κ1) is 22.7. The van der Waals surface area contributed by atoms with Crippen LogP contribution in [0.5, 0.6) is 0 Å². The Labute approximate surface area is 179 Å². The molecule has 0 saturated heterocycles. The molecule has 0 radical (unpaired) electrons. The van der Waals surface area contributed by atoms with E-state index in [4.69, 9.17) is 14.6 Å². The minimum absolute atomic E-state index is 0.138. The number of carbonyl (C=O) groups excluding carboxylic acids is 1. The van der Waals surface area contributed by atoms with E-state index in [0.29, 0.717) is 18.0 Å². The second kappa shape index (κ2) is 10.9. The van der Waals surface area contributed by atoms with Crippen LogP contribution in [0, 0.1) is 23.5 Å². The molecule has 2 unspecified atom stereocenters. The fourth-order valence-electron chi connectivity index (χ4n) is 3.81. The molecule has 8 heteroatoms. The zero-order valence-electron chi connectivity index (χ0n) is 17.0. The third kappa shape index (κ3) is 6.75. The number of amides is 1. The zero-order valence-corrected chi connectivity index (χ0v) is 17.0. The Kier molecular flexibility index (Phi) is 7.94. The normalized spacial score (nSPS) is 18.4. The Morgan fingerprint density at radius 1 is 0.903 bits per heavy atom. The van der Waals surface area contributed by atoms with Crippen LogP contribution in [-0.4, -0.2) is 37.0 Å². The van der Waals surface area contributed by atoms with E-state index in [1.165, 1.54) is 53.4 Å². The van der Waals surface area contributed by atoms with Gasteiger partial charge in [0.05, 0.1) is 24.6 Å². The van der Waals surface area contributed by atoms with Crippen molar-refractivity contribution in [1.29, 1.82) is 0 Å². The molecule has 1 amide bonds. The Morgan fingerprint density at radius 3 is 1.94 bits per heavy atom. The number of carboxylic acid groups (broad SMARTS) is 1. The molecule has 1 N–H and O–H groups in total. The molecule has 31 heavy (non-hydrogen) atoms. The van der Waals surface area contributed by atoms with Crippen molar-refractivity contribution in [3.8, 4) is 0 Å². The van der Waals surface area contributed by atoms with Crippen molar-refractivity contribution in [3.05, 3.63) is 60.2 Å². The molecule has 0 heterocycles. The van der Waals surface area contributed by atoms with E-state index >= 15 is 0 Å². The highest BCUT2D eigenvalue weighted by atomic mass is 19.1. The summed E-state index contributed by atoms with van der Waals surface area (Å²) in [6, 6.07) is 10.8. The van der Waals surface area contributed by atoms with Gasteiger partial charge in [0.15, 0.2) is 0 Å². The highest BCUT2D eigenvalue weighted by molar-refractivity contribution is 5.95. The van der Waals surface area contributed by atoms with Crippen molar-refractivity contribution >= 4 is 23.4 Å². The van der Waals surface area contributed by atoms with Crippen LogP contribution in [0.15, 0.2) is 48.5 Å². The van der Waals surface area contributed by atoms with Gasteiger partial charge in [-0.2, -0.15) is 0 Å². The van der Waals surface area contributed by atoms with Crippen molar-refractivity contribution in [2.45, 2.75) is 25.7 Å². The fourth-order valence-corrected chi connectivity index (χ4v) is 3.81. The van der Waals surface area contributed by atoms with Crippen LogP contribution in [0.2, 0.25) is 0 Å². The Balaban J connectivity index is 1.63. The summed E-state index contributed by atoms with van der Waals surface area (Å²) in [5.74, 6) is -1.51. The van der Waals surface area contributed by atoms with E-state index in [2.05, 4.69) is 0 Å². The summed E-state index contributed by atoms with van der Waals surface area (Å²) in [6.07, 6.45) is 2.93. The summed E-state index contributed by atoms with van der Waals surface area (Å²) in [4.78, 5) is 24.8. The van der Waals surface area contributed by atoms with E-state index in [-0.39, 0.29) is 25.0 Å². The Hall–Kier alpha value is -3.00. The summed E-state index contributed by atoms with van der Waals surface area (Å²) >= 11 is 0. The van der Waals surface area contributed by atoms with E-state index in [1.54, 1.807) is 0 Å². The second-order valence-corrected chi connectivity index (χ2v) is 7.67. The van der Waals surface area contributed by atoms with E-state index in [9.17, 15) is 18.4 Å². The largest absolute Gasteiger partial charge is 0.480 e. The molecule has 1 aliphatic carbocycles. The Bertz CT molecular complexity index is 827. The van der Waals surface area contributed by atoms with Crippen LogP contribution < -0.4 is 4.90 Å². The minimum atomic E-state index is -0.997. The van der Waals surface area contributed by atoms with Crippen LogP contribution in [0.4, 0.5) is 25.0 Å². The first-order valence-corrected chi connectivity index (χ1v) is 10.2. The van der Waals surface area contributed by atoms with Gasteiger partial charge in [-0.25, -0.2) is 23.3 Å². The minimum Gasteiger partial charge on any atom is -0.480 e. The number of rotatable bonds is 8. The lowest BCUT2D eigenvalue weighted by molar-refractivity contribution is -0.142. The van der Waals surface area contributed by atoms with Gasteiger partial charge in [-0.15, -0.1) is 0 Å². The molecule has 0 aromatic heterocycles. The molecule has 0 aliphatic heterocycles. The van der Waals surface area contributed by atoms with Crippen LogP contribution >= 0.6 is 0 Å². The Morgan fingerprint density at radius 2 is 1.42 bits per heavy atom. The monoisotopic (exact) mass is 433 g/mol. The van der Waals surface area contributed by atoms with Crippen LogP contribution in [0.1, 0.15) is 25.7 Å². The number of benzene rings is 2. The lowest BCUT2D eigenvalue weighted by Gasteiger charge is -2.29. The third-order valence-corrected chi connectivity index (χ3v) is 5.27. The molecule has 1 fully saturated rings. The van der Waals surface area contributed by atoms with Crippen molar-refractivity contribution in [1.82, 2.24) is 0 Å². The maximum Gasteiger partial charge on any atom is 0.418 e. The van der Waals surface area contributed by atoms with E-state index in [0.717, 1.165) is 25.7 Å². The van der Waals surface area contributed by atoms with Crippen LogP contribution in [-0.2, 0) is 14.3 Å². The van der Waals surface area contributed by atoms with Gasteiger partial charge >= 0.3 is 12.1 Å². The van der Waals surface area contributed by atoms with Gasteiger partial charge in [0.2, 0.25) is 0 Å². The molecule has 2 aromatic carbocycles. The number of carbonyl (C=O) groups is 2. The van der Waals surface area contributed by atoms with Crippen molar-refractivity contribution < 1.29 is 33.0 Å². The van der Waals surface area contributed by atoms with Gasteiger partial charge < -0.3 is 14.6 Å². The van der Waals surface area contributed by atoms with Gasteiger partial charge in [0, 0.05) is 0 Å². The second-order valence-electron chi connectivity index (χ2n) is 7.67. The smallest absolute Gasteiger partial charge is 0.418 e. The quantitative estimate of drug-likeness (QED) is 0.623. The SMILES string of the molecule is O=C(O)COCC1CCCC(COC(=O)N(c2ccc(F)cc2)c2ccc(F)cc2)C1. The third-order valence-electron chi connectivity index (χ3n) is 5.27. The molecular weight excluding hydrogens is 408 g/mol. The van der Waals surface area contributed by atoms with Crippen molar-refractivity contribution in [3.63, 3.8) is 0 Å². The summed E-state index contributed by atoms with van der Waals surface area (Å²) in [7, 11) is 0. The maximum absolute atomic E-state index is 13.3. The summed E-state index contributed by atoms with van der Waals surface area (Å²) < 4.78 is 37.5. The van der Waals surface area contributed by atoms with Gasteiger partial charge in [-0.3, -0.25) is 0 Å². The van der Waals surface area contributed by atoms with Gasteiger partial charge in [-0.1, -0.05) is 6.42 Å². The van der Waals surface area contributed by atoms with Gasteiger partial charge in [0.1, 0.15) is 18.2 Å². The molecule has 6 nitrogen and oxygen atoms in total. The molecule has 166 valence electrons. The van der Waals surface area contributed by atoms with Crippen molar-refractivity contribution in [2.75, 3.05) is 24.7 Å². The molecule has 1 aliphatic rings. The predicted octanol–water partition coefficient (Wildman–Crippen LogP) is 5.15. The average Bonchev–Trinajstić information content (AvgIpc) is 2.75. The number of anilines is 2. The number of aliphatic carboxylic acids is 1. The van der Waals surface area contributed by atoms with Crippen LogP contribution in [0.25, 0.3) is 0 Å². The van der Waals surface area contributed by atoms with Crippen molar-refractivity contribution in [2.24, 2.45) is 11.8 Å². The molecule has 2 atom stereocenters. The first-order chi connectivity index (χ1) is 14.9. The van der Waals surface area contributed by atoms with E-state index in [1.807, 2.05) is 0 Å². The first-order valence-electron chi connectivity index (χ1n) is 10.2. The molecule has 0 spiro atoms. The summed E-state index contributed by atoms with van der Waals surface area (Å²) in [5, 5.41) is 8.68. The number of hydrogen-bond donors (Lipinski definition) is 1. The number of halogens is 2. The highest BCUT2D eigenvalue weighted by Gasteiger charge is 2.26. The van der Waals surface area contributed by atoms with E-state index < -0.39 is 23.7 Å². The molecule has 3 rings (SSSR count). The number of nitrogens with zero attached hydrogens (tertiary/aromatic N) is 1. The molecule has 0 bridgehead atoms.